The fourth-order valence-corrected chi connectivity index (χ4v) is 16.6. The number of rotatable bonds is 46. The Morgan fingerprint density at radius 2 is 0.418 bits per heavy atom. The molecular weight excluding hydrogens is 2300 g/mol. The van der Waals surface area contributed by atoms with Gasteiger partial charge in [0.05, 0.1) is 32.6 Å². The van der Waals surface area contributed by atoms with Crippen LogP contribution in [0.4, 0.5) is 11.4 Å². The molecule has 20 atom stereocenters. The Morgan fingerprint density at radius 3 is 0.612 bits per heavy atom. The van der Waals surface area contributed by atoms with Crippen LogP contribution in [0.1, 0.15) is 19.8 Å². The van der Waals surface area contributed by atoms with E-state index < -0.39 is 313 Å². The van der Waals surface area contributed by atoms with Gasteiger partial charge in [-0.25, -0.2) is 118 Å². The van der Waals surface area contributed by atoms with Gasteiger partial charge in [-0.2, -0.15) is 0 Å². The van der Waals surface area contributed by atoms with Crippen molar-refractivity contribution in [1.82, 2.24) is 0 Å². The van der Waals surface area contributed by atoms with Gasteiger partial charge >= 0.3 is 414 Å². The molecule has 4 aliphatic heterocycles. The van der Waals surface area contributed by atoms with Gasteiger partial charge in [-0.15, -0.1) is 0 Å². The summed E-state index contributed by atoms with van der Waals surface area (Å²) < 4.78 is 605. The van der Waals surface area contributed by atoms with Crippen molar-refractivity contribution in [2.45, 2.75) is 149 Å². The summed E-state index contributed by atoms with van der Waals surface area (Å²) in [5.41, 5.74) is -0.157. The van der Waals surface area contributed by atoms with E-state index in [4.69, 9.17) is 37.9 Å². The first-order chi connectivity index (χ1) is 54.0. The van der Waals surface area contributed by atoms with Gasteiger partial charge in [-0.05, 0) is 55.0 Å². The standard InChI is InChI=1S/C40H60N2O64S14.14Na/c1-2-3-24(41-16-4-8-18(9-5-16)89-37-33(103-117(73,74)75)29(99-113(61,62)63)25(20(91-37)12-85-107(43,44)45)95-39-35(105-119(79,80)81)31(101-115(67,68)69)27(97-111(55,56)57)22(93-39)14-87-109(49,50)51)42-17-6-10-19(11-7-17)90-38-34(104-118(76,77)78)30(100-114(64,65)66)26(21(92-38)13-86-108(46,47)48)96-40-36(106-120(82,83)84)32(102-116(70,71)72)28(98-112(58,59)60)23(94-40)15-88-110(52,53)54;;;;;;;;;;;;;;/h4-11,20-42H,2-3,12-15H2,1H3,(H,43,44,45)(H,46,47,48)(H,49,50,51)(H,52,53,54)(H,55,56,57)(H,58,59,60)(H,61,62,63)(H,64,65,66)(H,67,68,69)(H,70,71,72)(H,73,74,75)(H,76,77,78)(H,79,80,81)(H,82,83,84);;;;;;;;;;;;;;/q;14*+1/p-14/t20-,21-,22-,23-,25-,26-,27-,28-,29+,30+,31+,32+,33-,34-,35-,36-,37-,38-,39-,40-;;;;;;;;;;;;;;/m1............../s1. The average Bonchev–Trinajstić information content (AvgIpc) is 0.756. The van der Waals surface area contributed by atoms with Crippen LogP contribution in [0.3, 0.4) is 0 Å². The van der Waals surface area contributed by atoms with E-state index in [9.17, 15) is 182 Å². The molecule has 0 saturated carbocycles. The second-order valence-electron chi connectivity index (χ2n) is 22.7. The van der Waals surface area contributed by atoms with Gasteiger partial charge in [-0.3, -0.25) is 58.6 Å². The molecule has 0 spiro atoms. The van der Waals surface area contributed by atoms with Gasteiger partial charge in [0.1, 0.15) is 84.7 Å². The largest absolute Gasteiger partial charge is 1.00 e. The fourth-order valence-electron chi connectivity index (χ4n) is 10.5. The molecule has 0 aliphatic carbocycles. The molecule has 0 amide bonds. The van der Waals surface area contributed by atoms with E-state index in [1.54, 1.807) is 6.92 Å². The second-order valence-corrected chi connectivity index (χ2v) is 37.0. The Hall–Kier alpha value is 9.58. The Bertz CT molecular complexity index is 5310. The quantitative estimate of drug-likeness (QED) is 0.0269. The van der Waals surface area contributed by atoms with E-state index in [0.717, 1.165) is 48.5 Å². The van der Waals surface area contributed by atoms with Crippen molar-refractivity contribution in [3.63, 3.8) is 0 Å². The van der Waals surface area contributed by atoms with E-state index in [1.807, 2.05) is 0 Å². The molecule has 698 valence electrons. The summed E-state index contributed by atoms with van der Waals surface area (Å²) in [6, 6.07) is 7.25. The SMILES string of the molecule is CCCC(Nc1ccc(O[C@@H]2O[C@H](COS(=O)(=O)[O-])[C@@H](O[C@H]3O[C@H](COS(=O)(=O)[O-])[C@@H](OS(=O)(=O)[O-])[C@H](OS(=O)(=O)[O-])[C@H]3OS(=O)(=O)[O-])[C@H](OS(=O)(=O)[O-])[C@H]2OS(=O)(=O)[O-])cc1)Nc1ccc(O[C@@H]2O[C@H](COS(=O)(=O)[O-])[C@@H](O[C@H]3O[C@H](COS(=O)(=O)[O-])[C@@H](OS(=O)(=O)[O-])[C@H](OS(=O)(=O)[O-])[C@H]3OS(=O)(=O)[O-])[C@H](OS(=O)(=O)[O-])[C@H]2OS(=O)(=O)[O-])cc1.[Na+].[Na+].[Na+].[Na+].[Na+].[Na+].[Na+].[Na+].[Na+].[Na+].[Na+].[Na+].[Na+].[Na+]. The molecule has 0 unspecified atom stereocenters. The first kappa shape index (κ1) is 161. The number of anilines is 2. The summed E-state index contributed by atoms with van der Waals surface area (Å²) in [5, 5.41) is 5.73. The molecule has 4 aliphatic rings. The van der Waals surface area contributed by atoms with Crippen LogP contribution in [0.25, 0.3) is 0 Å². The van der Waals surface area contributed by atoms with Crippen molar-refractivity contribution in [3.8, 4) is 11.5 Å². The molecule has 6 rings (SSSR count). The van der Waals surface area contributed by atoms with Crippen LogP contribution in [0.5, 0.6) is 11.5 Å². The number of ether oxygens (including phenoxy) is 8. The zero-order chi connectivity index (χ0) is 91.3. The van der Waals surface area contributed by atoms with Crippen LogP contribution in [0, 0.1) is 0 Å². The van der Waals surface area contributed by atoms with Crippen LogP contribution in [-0.2, 0) is 233 Å². The molecule has 4 saturated heterocycles. The van der Waals surface area contributed by atoms with E-state index >= 15 is 0 Å². The molecule has 94 heteroatoms. The molecule has 2 N–H and O–H groups in total. The topological polar surface area (TPSA) is 1030 Å². The zero-order valence-corrected chi connectivity index (χ0v) is 110. The fraction of sp³-hybridized carbons (Fsp3) is 0.700. The van der Waals surface area contributed by atoms with Crippen LogP contribution in [0.15, 0.2) is 48.5 Å². The van der Waals surface area contributed by atoms with Gasteiger partial charge in [0.25, 0.3) is 0 Å². The smallest absolute Gasteiger partial charge is 0.726 e. The third kappa shape index (κ3) is 63.1. The first-order valence-electron chi connectivity index (χ1n) is 29.9. The molecule has 66 nitrogen and oxygen atoms in total. The van der Waals surface area contributed by atoms with Crippen LogP contribution in [0.2, 0.25) is 0 Å². The molecule has 0 aromatic heterocycles. The minimum absolute atomic E-state index is 0. The molecule has 4 fully saturated rings. The third-order valence-corrected chi connectivity index (χ3v) is 20.5. The van der Waals surface area contributed by atoms with Crippen molar-refractivity contribution in [1.29, 1.82) is 0 Å². The summed E-state index contributed by atoms with van der Waals surface area (Å²) in [4.78, 5) is 0. The molecule has 2 aromatic rings. The van der Waals surface area contributed by atoms with Crippen molar-refractivity contribution >= 4 is 157 Å². The summed E-state index contributed by atoms with van der Waals surface area (Å²) in [6.07, 6.45) is -68.0. The number of hydrogen-bond acceptors (Lipinski definition) is 66. The minimum Gasteiger partial charge on any atom is -0.726 e. The summed E-state index contributed by atoms with van der Waals surface area (Å²) in [7, 11) is -90.5. The van der Waals surface area contributed by atoms with E-state index in [2.05, 4.69) is 69.2 Å². The van der Waals surface area contributed by atoms with Crippen molar-refractivity contribution in [3.05, 3.63) is 48.5 Å². The Labute approximate surface area is 1070 Å². The molecular formula is C40H46N2Na14O64S14. The predicted molar refractivity (Wildman–Crippen MR) is 333 cm³/mol. The maximum Gasteiger partial charge on any atom is 1.00 e. The zero-order valence-electron chi connectivity index (χ0n) is 70.8. The molecule has 4 heterocycles. The number of nitrogens with one attached hydrogen (secondary N) is 2. The Kier molecular flexibility index (Phi) is 80.5. The molecule has 2 aromatic carbocycles. The van der Waals surface area contributed by atoms with Crippen LogP contribution >= 0.6 is 0 Å². The average molecular weight is 2350 g/mol. The Morgan fingerprint density at radius 1 is 0.246 bits per heavy atom. The Balaban J connectivity index is -0.00000159. The van der Waals surface area contributed by atoms with E-state index in [1.165, 1.54) is 0 Å². The third-order valence-electron chi connectivity index (χ3n) is 14.2. The number of hydrogen-bond donors (Lipinski definition) is 2. The summed E-state index contributed by atoms with van der Waals surface area (Å²) in [6.45, 7) is -6.87. The molecule has 0 radical (unpaired) electrons. The van der Waals surface area contributed by atoms with Gasteiger partial charge in [-0.1, -0.05) is 13.3 Å². The van der Waals surface area contributed by atoms with Gasteiger partial charge in [0.2, 0.25) is 158 Å². The summed E-state index contributed by atoms with van der Waals surface area (Å²) in [5.74, 6) is -1.50. The van der Waals surface area contributed by atoms with Gasteiger partial charge < -0.3 is 112 Å². The van der Waals surface area contributed by atoms with Crippen molar-refractivity contribution in [2.75, 3.05) is 37.1 Å². The minimum atomic E-state index is -6.65. The molecule has 134 heavy (non-hydrogen) atoms. The van der Waals surface area contributed by atoms with Crippen LogP contribution < -0.4 is 434 Å². The van der Waals surface area contributed by atoms with Gasteiger partial charge in [0.15, 0.2) is 37.0 Å². The maximum atomic E-state index is 12.4. The maximum absolute atomic E-state index is 12.4. The van der Waals surface area contributed by atoms with E-state index in [-0.39, 0.29) is 438 Å². The van der Waals surface area contributed by atoms with Gasteiger partial charge in [0, 0.05) is 11.4 Å². The van der Waals surface area contributed by atoms with Crippen molar-refractivity contribution in [2.24, 2.45) is 0 Å². The summed E-state index contributed by atoms with van der Waals surface area (Å²) >= 11 is 0. The second kappa shape index (κ2) is 67.0. The normalized spacial score (nSPS) is 26.0. The monoisotopic (exact) mass is 2350 g/mol. The molecule has 0 bridgehead atoms. The first-order valence-corrected chi connectivity index (χ1v) is 48.5. The number of benzene rings is 2. The van der Waals surface area contributed by atoms with Crippen molar-refractivity contribution < 1.29 is 692 Å². The predicted octanol–water partition coefficient (Wildman–Crippen LogP) is -54.8. The van der Waals surface area contributed by atoms with Crippen LogP contribution in [-0.4, -0.2) is 337 Å². The van der Waals surface area contributed by atoms with E-state index in [0.29, 0.717) is 0 Å².